The Balaban J connectivity index is 2.33. The molecule has 1 atom stereocenters. The molecular weight excluding hydrogens is 474 g/mol. The number of halogens is 2. The first-order chi connectivity index (χ1) is 14.0. The van der Waals surface area contributed by atoms with E-state index in [0.717, 1.165) is 0 Å². The van der Waals surface area contributed by atoms with Gasteiger partial charge in [-0.3, -0.25) is 10.1 Å². The molecule has 2 aromatic carbocycles. The second-order valence-electron chi connectivity index (χ2n) is 7.67. The highest BCUT2D eigenvalue weighted by atomic mass is 79.9. The van der Waals surface area contributed by atoms with Crippen molar-refractivity contribution in [1.82, 2.24) is 0 Å². The zero-order valence-electron chi connectivity index (χ0n) is 16.9. The number of benzene rings is 2. The van der Waals surface area contributed by atoms with Crippen LogP contribution in [0.2, 0.25) is 0 Å². The molecule has 0 spiro atoms. The number of hydrogen-bond acceptors (Lipinski definition) is 5. The van der Waals surface area contributed by atoms with Crippen LogP contribution >= 0.6 is 23.2 Å². The van der Waals surface area contributed by atoms with Gasteiger partial charge in [0.05, 0.1) is 10.6 Å². The third-order valence-electron chi connectivity index (χ3n) is 4.37. The van der Waals surface area contributed by atoms with Crippen LogP contribution in [0.4, 0.5) is 15.8 Å². The van der Waals surface area contributed by atoms with Crippen molar-refractivity contribution in [3.63, 3.8) is 0 Å². The Morgan fingerprint density at radius 1 is 1.13 bits per heavy atom. The van der Waals surface area contributed by atoms with Crippen molar-refractivity contribution in [2.45, 2.75) is 32.9 Å². The minimum atomic E-state index is -2.96. The van der Waals surface area contributed by atoms with Gasteiger partial charge in [-0.05, 0) is 65.3 Å². The summed E-state index contributed by atoms with van der Waals surface area (Å²) in [5, 5.41) is 10.7. The fourth-order valence-electron chi connectivity index (χ4n) is 2.81. The van der Waals surface area contributed by atoms with Crippen LogP contribution in [0, 0.1) is 22.9 Å². The summed E-state index contributed by atoms with van der Waals surface area (Å²) in [4.78, 5) is 10.8. The van der Waals surface area contributed by atoms with Crippen LogP contribution in [0.1, 0.15) is 26.5 Å². The number of rotatable bonds is 5. The van der Waals surface area contributed by atoms with Crippen LogP contribution in [0.5, 0.6) is 5.75 Å². The van der Waals surface area contributed by atoms with Gasteiger partial charge < -0.3 is 8.94 Å². The molecule has 0 unspecified atom stereocenters. The maximum Gasteiger partial charge on any atom is 0.271 e. The molecule has 9 heteroatoms. The molecule has 158 valence electrons. The zero-order chi connectivity index (χ0) is 22.1. The molecule has 0 fully saturated rings. The quantitative estimate of drug-likeness (QED) is 0.211. The first-order valence-electron chi connectivity index (χ1n) is 9.10. The van der Waals surface area contributed by atoms with E-state index in [1.807, 2.05) is 39.8 Å². The highest BCUT2D eigenvalue weighted by Gasteiger charge is 2.42. The largest absolute Gasteiger partial charge is 0.457 e. The first kappa shape index (κ1) is 22.2. The van der Waals surface area contributed by atoms with Gasteiger partial charge in [-0.15, -0.1) is 0 Å². The van der Waals surface area contributed by atoms with E-state index in [4.69, 9.17) is 13.7 Å². The Morgan fingerprint density at radius 3 is 2.33 bits per heavy atom. The van der Waals surface area contributed by atoms with Crippen molar-refractivity contribution in [3.05, 3.63) is 80.8 Å². The van der Waals surface area contributed by atoms with Gasteiger partial charge in [0.1, 0.15) is 17.3 Å². The Kier molecular flexibility index (Phi) is 6.20. The highest BCUT2D eigenvalue weighted by molar-refractivity contribution is 9.10. The molecular formula is C21H21BrFN2O4P. The third-order valence-corrected chi connectivity index (χ3v) is 8.67. The van der Waals surface area contributed by atoms with E-state index in [9.17, 15) is 14.5 Å². The fourth-order valence-corrected chi connectivity index (χ4v) is 6.18. The van der Waals surface area contributed by atoms with E-state index in [2.05, 4.69) is 15.9 Å². The summed E-state index contributed by atoms with van der Waals surface area (Å²) in [7, 11) is -2.96. The Bertz CT molecular complexity index is 1140. The van der Waals surface area contributed by atoms with Gasteiger partial charge in [-0.1, -0.05) is 20.8 Å². The lowest BCUT2D eigenvalue weighted by atomic mass is 10.3. The van der Waals surface area contributed by atoms with Gasteiger partial charge in [0, 0.05) is 21.8 Å². The molecule has 1 heterocycles. The van der Waals surface area contributed by atoms with E-state index >= 15 is 0 Å². The van der Waals surface area contributed by atoms with E-state index in [-0.39, 0.29) is 11.5 Å². The number of nitro benzene ring substituents is 1. The topological polar surface area (TPSA) is 77.9 Å². The highest BCUT2D eigenvalue weighted by Crippen LogP contribution is 2.62. The molecule has 0 aliphatic rings. The molecule has 6 nitrogen and oxygen atoms in total. The SMILES string of the molecule is Cc1ccc([P@@](=Nc2cc([N+](=O)[O-])ccc2Br)(Oc2ccc(F)cc2)C(C)(C)C)o1. The Hall–Kier alpha value is -2.44. The maximum atomic E-state index is 13.4. The van der Waals surface area contributed by atoms with Crippen molar-refractivity contribution >= 4 is 40.1 Å². The number of aryl methyl sites for hydroxylation is 1. The van der Waals surface area contributed by atoms with Crippen molar-refractivity contribution in [1.29, 1.82) is 0 Å². The van der Waals surface area contributed by atoms with Crippen LogP contribution in [-0.2, 0) is 0 Å². The van der Waals surface area contributed by atoms with Crippen molar-refractivity contribution in [2.75, 3.05) is 0 Å². The molecule has 0 radical (unpaired) electrons. The second kappa shape index (κ2) is 8.36. The number of nitrogens with zero attached hydrogens (tertiary/aromatic N) is 2. The van der Waals surface area contributed by atoms with Crippen molar-refractivity contribution in [3.8, 4) is 5.75 Å². The molecule has 30 heavy (non-hydrogen) atoms. The minimum absolute atomic E-state index is 0.0821. The Morgan fingerprint density at radius 2 is 1.80 bits per heavy atom. The second-order valence-corrected chi connectivity index (χ2v) is 11.8. The van der Waals surface area contributed by atoms with E-state index < -0.39 is 17.4 Å². The maximum absolute atomic E-state index is 13.4. The predicted octanol–water partition coefficient (Wildman–Crippen LogP) is 7.35. The molecule has 0 amide bonds. The van der Waals surface area contributed by atoms with Crippen LogP contribution in [0.15, 0.2) is 68.2 Å². The van der Waals surface area contributed by atoms with Crippen LogP contribution < -0.4 is 10.0 Å². The summed E-state index contributed by atoms with van der Waals surface area (Å²) in [5.41, 5.74) is 0.834. The van der Waals surface area contributed by atoms with Crippen molar-refractivity contribution < 1.29 is 18.3 Å². The Labute approximate surface area is 182 Å². The van der Waals surface area contributed by atoms with Crippen molar-refractivity contribution in [2.24, 2.45) is 4.74 Å². The average molecular weight is 495 g/mol. The monoisotopic (exact) mass is 494 g/mol. The summed E-state index contributed by atoms with van der Waals surface area (Å²) in [5.74, 6) is 0.739. The lowest BCUT2D eigenvalue weighted by Gasteiger charge is -2.35. The average Bonchev–Trinajstić information content (AvgIpc) is 3.10. The molecule has 0 N–H and O–H groups in total. The predicted molar refractivity (Wildman–Crippen MR) is 120 cm³/mol. The molecule has 0 saturated heterocycles. The lowest BCUT2D eigenvalue weighted by molar-refractivity contribution is -0.384. The number of furan rings is 1. The van der Waals surface area contributed by atoms with E-state index in [0.29, 0.717) is 27.2 Å². The molecule has 3 aromatic rings. The number of non-ortho nitro benzene ring substituents is 1. The standard InChI is InChI=1S/C21H21BrFN2O4P/c1-14-5-12-20(28-14)30(21(2,3)4,29-17-9-6-15(23)7-10-17)24-19-13-16(25(26)27)8-11-18(19)22/h5-13H,1-4H3/t30-/m1/s1. The molecule has 0 bridgehead atoms. The first-order valence-corrected chi connectivity index (χ1v) is 11.6. The van der Waals surface area contributed by atoms with Gasteiger partial charge in [-0.2, -0.15) is 0 Å². The van der Waals surface area contributed by atoms with Gasteiger partial charge in [0.15, 0.2) is 5.50 Å². The van der Waals surface area contributed by atoms with Gasteiger partial charge in [-0.25, -0.2) is 9.14 Å². The normalized spacial score (nSPS) is 13.5. The summed E-state index contributed by atoms with van der Waals surface area (Å²) in [6.45, 7) is 7.73. The van der Waals surface area contributed by atoms with E-state index in [1.165, 1.54) is 36.4 Å². The van der Waals surface area contributed by atoms with E-state index in [1.54, 1.807) is 6.07 Å². The van der Waals surface area contributed by atoms with Gasteiger partial charge in [0.25, 0.3) is 5.69 Å². The fraction of sp³-hybridized carbons (Fsp3) is 0.238. The summed E-state index contributed by atoms with van der Waals surface area (Å²) in [6, 6.07) is 13.7. The number of nitro groups is 1. The molecule has 3 rings (SSSR count). The lowest BCUT2D eigenvalue weighted by Crippen LogP contribution is -2.26. The van der Waals surface area contributed by atoms with Crippen LogP contribution in [0.25, 0.3) is 0 Å². The summed E-state index contributed by atoms with van der Waals surface area (Å²) < 4.78 is 31.4. The summed E-state index contributed by atoms with van der Waals surface area (Å²) in [6.07, 6.45) is 0. The molecule has 1 aromatic heterocycles. The smallest absolute Gasteiger partial charge is 0.271 e. The summed E-state index contributed by atoms with van der Waals surface area (Å²) >= 11 is 3.44. The third kappa shape index (κ3) is 4.50. The van der Waals surface area contributed by atoms with Crippen LogP contribution in [-0.4, -0.2) is 10.1 Å². The van der Waals surface area contributed by atoms with Gasteiger partial charge >= 0.3 is 0 Å². The van der Waals surface area contributed by atoms with Gasteiger partial charge in [0.2, 0.25) is 7.28 Å². The zero-order valence-corrected chi connectivity index (χ0v) is 19.4. The minimum Gasteiger partial charge on any atom is -0.457 e. The molecule has 0 aliphatic heterocycles. The van der Waals surface area contributed by atoms with Crippen LogP contribution in [0.3, 0.4) is 0 Å². The number of hydrogen-bond donors (Lipinski definition) is 0. The molecule has 0 saturated carbocycles. The molecule has 0 aliphatic carbocycles.